The fourth-order valence-corrected chi connectivity index (χ4v) is 5.40. The Morgan fingerprint density at radius 3 is 2.00 bits per heavy atom. The number of nitrogens with one attached hydrogen (secondary N) is 3. The van der Waals surface area contributed by atoms with Gasteiger partial charge in [-0.1, -0.05) is 13.8 Å². The van der Waals surface area contributed by atoms with Crippen molar-refractivity contribution in [3.8, 4) is 0 Å². The fourth-order valence-electron chi connectivity index (χ4n) is 5.16. The molecule has 0 bridgehead atoms. The van der Waals surface area contributed by atoms with E-state index in [1.807, 2.05) is 13.8 Å². The second-order valence-corrected chi connectivity index (χ2v) is 11.4. The van der Waals surface area contributed by atoms with Crippen molar-refractivity contribution < 1.29 is 38.7 Å². The van der Waals surface area contributed by atoms with E-state index in [0.717, 1.165) is 0 Å². The number of nitrogens with two attached hydrogens (primary N) is 2. The van der Waals surface area contributed by atoms with Crippen molar-refractivity contribution in [2.24, 2.45) is 17.4 Å². The third-order valence-electron chi connectivity index (χ3n) is 7.25. The number of hydrogen-bond donors (Lipinski definition) is 7. The van der Waals surface area contributed by atoms with Gasteiger partial charge < -0.3 is 42.3 Å². The lowest BCUT2D eigenvalue weighted by Gasteiger charge is -2.29. The minimum atomic E-state index is -1.36. The maximum absolute atomic E-state index is 13.2. The molecule has 0 aromatic rings. The van der Waals surface area contributed by atoms with Crippen LogP contribution in [-0.2, 0) is 33.6 Å². The molecule has 2 rings (SSSR count). The number of likely N-dealkylation sites (tertiary alicyclic amines) is 2. The molecule has 2 fully saturated rings. The van der Waals surface area contributed by atoms with E-state index in [4.69, 9.17) is 11.5 Å². The number of carbonyl (C=O) groups excluding carboxylic acids is 6. The SMILES string of the molecule is CC(C)C[C@H](N)C(=O)N1CCC[C@H]1C(=O)NCC(=O)N[C@@H](CS)C(=O)N1CCC[C@H]1C(=O)N[C@@H](CCC(N)=O)C(=O)O. The van der Waals surface area contributed by atoms with Crippen LogP contribution in [0.2, 0.25) is 0 Å². The standard InChI is InChI=1S/C26H43N7O8S/c1-14(2)11-15(27)24(38)32-9-3-5-18(32)22(36)29-12-21(35)30-17(13-42)25(39)33-10-4-6-19(33)23(37)31-16(26(40)41)7-8-20(28)34/h14-19,42H,3-13,27H2,1-2H3,(H2,28,34)(H,29,36)(H,30,35)(H,31,37)(H,40,41)/t15-,16-,17-,18-,19-/m0/s1. The van der Waals surface area contributed by atoms with Crippen molar-refractivity contribution in [3.63, 3.8) is 0 Å². The highest BCUT2D eigenvalue weighted by Gasteiger charge is 2.39. The number of primary amides is 1. The molecule has 5 atom stereocenters. The minimum Gasteiger partial charge on any atom is -0.480 e. The van der Waals surface area contributed by atoms with Crippen LogP contribution in [0.25, 0.3) is 0 Å². The zero-order chi connectivity index (χ0) is 31.6. The van der Waals surface area contributed by atoms with Gasteiger partial charge in [-0.15, -0.1) is 0 Å². The Balaban J connectivity index is 1.94. The van der Waals surface area contributed by atoms with Crippen LogP contribution in [-0.4, -0.2) is 112 Å². The van der Waals surface area contributed by atoms with Crippen molar-refractivity contribution in [1.82, 2.24) is 25.8 Å². The Labute approximate surface area is 250 Å². The largest absolute Gasteiger partial charge is 0.480 e. The molecule has 6 amide bonds. The van der Waals surface area contributed by atoms with E-state index in [2.05, 4.69) is 28.6 Å². The van der Waals surface area contributed by atoms with E-state index < -0.39 is 72.3 Å². The second kappa shape index (κ2) is 16.3. The normalized spacial score (nSPS) is 20.5. The van der Waals surface area contributed by atoms with Crippen LogP contribution in [0.3, 0.4) is 0 Å². The number of carboxylic acids is 1. The lowest BCUT2D eigenvalue weighted by Crippen LogP contribution is -2.57. The summed E-state index contributed by atoms with van der Waals surface area (Å²) >= 11 is 4.16. The molecule has 0 aromatic heterocycles. The summed E-state index contributed by atoms with van der Waals surface area (Å²) in [5.41, 5.74) is 11.1. The second-order valence-electron chi connectivity index (χ2n) is 11.0. The van der Waals surface area contributed by atoms with E-state index in [1.54, 1.807) is 0 Å². The van der Waals surface area contributed by atoms with Crippen molar-refractivity contribution in [1.29, 1.82) is 0 Å². The van der Waals surface area contributed by atoms with Gasteiger partial charge in [0.25, 0.3) is 0 Å². The van der Waals surface area contributed by atoms with Crippen molar-refractivity contribution in [2.45, 2.75) is 89.0 Å². The Kier molecular flexibility index (Phi) is 13.5. The first-order chi connectivity index (χ1) is 19.8. The summed E-state index contributed by atoms with van der Waals surface area (Å²) in [6.45, 7) is 4.05. The Hall–Kier alpha value is -3.40. The Morgan fingerprint density at radius 1 is 0.905 bits per heavy atom. The number of nitrogens with zero attached hydrogens (tertiary/aromatic N) is 2. The number of thiol groups is 1. The number of amides is 6. The van der Waals surface area contributed by atoms with Gasteiger partial charge in [0.2, 0.25) is 35.4 Å². The average molecular weight is 614 g/mol. The van der Waals surface area contributed by atoms with Crippen molar-refractivity contribution in [2.75, 3.05) is 25.4 Å². The molecule has 2 saturated heterocycles. The summed E-state index contributed by atoms with van der Waals surface area (Å²) in [5, 5.41) is 16.8. The van der Waals surface area contributed by atoms with Crippen LogP contribution < -0.4 is 27.4 Å². The van der Waals surface area contributed by atoms with E-state index in [1.165, 1.54) is 9.80 Å². The number of carbonyl (C=O) groups is 7. The van der Waals surface area contributed by atoms with Crippen molar-refractivity contribution >= 4 is 54.0 Å². The highest BCUT2D eigenvalue weighted by atomic mass is 32.1. The molecule has 0 unspecified atom stereocenters. The van der Waals surface area contributed by atoms with Gasteiger partial charge in [0.15, 0.2) is 0 Å². The zero-order valence-electron chi connectivity index (χ0n) is 24.0. The summed E-state index contributed by atoms with van der Waals surface area (Å²) in [7, 11) is 0. The summed E-state index contributed by atoms with van der Waals surface area (Å²) in [5.74, 6) is -4.69. The molecular formula is C26H43N7O8S. The molecule has 0 radical (unpaired) electrons. The molecule has 0 aliphatic carbocycles. The molecule has 2 heterocycles. The number of rotatable bonds is 15. The summed E-state index contributed by atoms with van der Waals surface area (Å²) in [6.07, 6.45) is 1.87. The number of carboxylic acid groups (broad SMARTS) is 1. The lowest BCUT2D eigenvalue weighted by atomic mass is 10.0. The molecule has 42 heavy (non-hydrogen) atoms. The highest BCUT2D eigenvalue weighted by Crippen LogP contribution is 2.21. The molecule has 236 valence electrons. The molecule has 0 spiro atoms. The fraction of sp³-hybridized carbons (Fsp3) is 0.731. The third kappa shape index (κ3) is 9.86. The topological polar surface area (TPSA) is 234 Å². The lowest BCUT2D eigenvalue weighted by molar-refractivity contribution is -0.145. The summed E-state index contributed by atoms with van der Waals surface area (Å²) < 4.78 is 0. The predicted octanol–water partition coefficient (Wildman–Crippen LogP) is -2.29. The first-order valence-electron chi connectivity index (χ1n) is 14.1. The summed E-state index contributed by atoms with van der Waals surface area (Å²) in [4.78, 5) is 89.5. The van der Waals surface area contributed by atoms with Crippen LogP contribution in [0.1, 0.15) is 58.8 Å². The van der Waals surface area contributed by atoms with Crippen LogP contribution >= 0.6 is 12.6 Å². The van der Waals surface area contributed by atoms with Gasteiger partial charge in [0.1, 0.15) is 24.2 Å². The van der Waals surface area contributed by atoms with Gasteiger partial charge >= 0.3 is 5.97 Å². The molecule has 0 aromatic carbocycles. The number of aliphatic carboxylic acids is 1. The van der Waals surface area contributed by atoms with Gasteiger partial charge in [-0.2, -0.15) is 12.6 Å². The summed E-state index contributed by atoms with van der Waals surface area (Å²) in [6, 6.07) is -4.91. The first kappa shape index (κ1) is 34.8. The van der Waals surface area contributed by atoms with Gasteiger partial charge in [0.05, 0.1) is 12.6 Å². The first-order valence-corrected chi connectivity index (χ1v) is 14.8. The van der Waals surface area contributed by atoms with Crippen molar-refractivity contribution in [3.05, 3.63) is 0 Å². The Bertz CT molecular complexity index is 1040. The molecule has 0 saturated carbocycles. The van der Waals surface area contributed by atoms with Crippen LogP contribution in [0.5, 0.6) is 0 Å². The quantitative estimate of drug-likeness (QED) is 0.0983. The molecule has 8 N–H and O–H groups in total. The zero-order valence-corrected chi connectivity index (χ0v) is 24.9. The average Bonchev–Trinajstić information content (AvgIpc) is 3.61. The molecule has 2 aliphatic rings. The van der Waals surface area contributed by atoms with Gasteiger partial charge in [-0.3, -0.25) is 28.8 Å². The van der Waals surface area contributed by atoms with Crippen LogP contribution in [0.15, 0.2) is 0 Å². The molecule has 2 aliphatic heterocycles. The van der Waals surface area contributed by atoms with Gasteiger partial charge in [-0.05, 0) is 44.4 Å². The van der Waals surface area contributed by atoms with Crippen LogP contribution in [0.4, 0.5) is 0 Å². The maximum atomic E-state index is 13.2. The smallest absolute Gasteiger partial charge is 0.326 e. The maximum Gasteiger partial charge on any atom is 0.326 e. The molecule has 16 heteroatoms. The molecular weight excluding hydrogens is 570 g/mol. The van der Waals surface area contributed by atoms with Crippen LogP contribution in [0, 0.1) is 5.92 Å². The van der Waals surface area contributed by atoms with E-state index >= 15 is 0 Å². The Morgan fingerprint density at radius 2 is 1.48 bits per heavy atom. The minimum absolute atomic E-state index is 0.0988. The van der Waals surface area contributed by atoms with Gasteiger partial charge in [0, 0.05) is 25.3 Å². The van der Waals surface area contributed by atoms with E-state index in [-0.39, 0.29) is 43.4 Å². The van der Waals surface area contributed by atoms with Gasteiger partial charge in [-0.25, -0.2) is 4.79 Å². The number of hydrogen-bond acceptors (Lipinski definition) is 9. The van der Waals surface area contributed by atoms with E-state index in [0.29, 0.717) is 32.2 Å². The molecule has 15 nitrogen and oxygen atoms in total. The predicted molar refractivity (Wildman–Crippen MR) is 154 cm³/mol. The monoisotopic (exact) mass is 613 g/mol. The third-order valence-corrected chi connectivity index (χ3v) is 7.62. The highest BCUT2D eigenvalue weighted by molar-refractivity contribution is 7.80. The van der Waals surface area contributed by atoms with E-state index in [9.17, 15) is 38.7 Å².